The molecule has 3 amide bonds. The molecular weight excluding hydrogens is 334 g/mol. The summed E-state index contributed by atoms with van der Waals surface area (Å²) in [6, 6.07) is 7.40. The smallest absolute Gasteiger partial charge is 0.321 e. The highest BCUT2D eigenvalue weighted by Gasteiger charge is 2.18. The molecule has 1 aromatic carbocycles. The summed E-state index contributed by atoms with van der Waals surface area (Å²) < 4.78 is 0.652. The minimum atomic E-state index is -0.526. The molecule has 2 aromatic rings. The summed E-state index contributed by atoms with van der Waals surface area (Å²) >= 11 is 2.60. The molecule has 122 valence electrons. The minimum Gasteiger partial charge on any atom is -0.341 e. The van der Waals surface area contributed by atoms with Crippen LogP contribution in [0.25, 0.3) is 0 Å². The second-order valence-corrected chi connectivity index (χ2v) is 7.26. The second kappa shape index (κ2) is 7.93. The maximum Gasteiger partial charge on any atom is 0.321 e. The van der Waals surface area contributed by atoms with Crippen molar-refractivity contribution < 1.29 is 9.59 Å². The van der Waals surface area contributed by atoms with Gasteiger partial charge in [0.1, 0.15) is 0 Å². The highest BCUT2D eigenvalue weighted by Crippen LogP contribution is 2.30. The third-order valence-corrected chi connectivity index (χ3v) is 4.84. The number of thioether (sulfide) groups is 1. The Kier molecular flexibility index (Phi) is 5.94. The molecule has 1 unspecified atom stereocenters. The molecule has 0 aliphatic carbocycles. The van der Waals surface area contributed by atoms with Crippen LogP contribution in [0, 0.1) is 6.92 Å². The molecule has 0 radical (unpaired) electrons. The fourth-order valence-electron chi connectivity index (χ4n) is 1.55. The lowest BCUT2D eigenvalue weighted by molar-refractivity contribution is -0.119. The summed E-state index contributed by atoms with van der Waals surface area (Å²) in [7, 11) is 1.45. The number of hydrogen-bond acceptors (Lipinski definition) is 7. The Labute approximate surface area is 142 Å². The standard InChI is InChI=1S/C14H17N5O2S2/c1-8-4-6-10(7-5-8)16-13-18-19-14(23-13)22-9(2)11(20)17-12(21)15-3/h4-7,9H,1-3H3,(H,16,18)(H2,15,17,20,21). The SMILES string of the molecule is CNC(=O)NC(=O)C(C)Sc1nnc(Nc2ccc(C)cc2)s1. The van der Waals surface area contributed by atoms with E-state index in [1.165, 1.54) is 35.7 Å². The largest absolute Gasteiger partial charge is 0.341 e. The molecule has 0 saturated carbocycles. The summed E-state index contributed by atoms with van der Waals surface area (Å²) in [6.07, 6.45) is 0. The topological polar surface area (TPSA) is 96.0 Å². The molecule has 3 N–H and O–H groups in total. The maximum atomic E-state index is 11.8. The molecular formula is C14H17N5O2S2. The lowest BCUT2D eigenvalue weighted by Gasteiger charge is -2.08. The number of imide groups is 1. The van der Waals surface area contributed by atoms with Crippen LogP contribution in [0.4, 0.5) is 15.6 Å². The van der Waals surface area contributed by atoms with Gasteiger partial charge >= 0.3 is 6.03 Å². The van der Waals surface area contributed by atoms with E-state index in [4.69, 9.17) is 0 Å². The minimum absolute atomic E-state index is 0.377. The van der Waals surface area contributed by atoms with Crippen molar-refractivity contribution in [2.45, 2.75) is 23.4 Å². The number of amides is 3. The number of aryl methyl sites for hydroxylation is 1. The molecule has 0 fully saturated rings. The predicted octanol–water partition coefficient (Wildman–Crippen LogP) is 2.53. The number of nitrogens with one attached hydrogen (secondary N) is 3. The van der Waals surface area contributed by atoms with Gasteiger partial charge in [-0.05, 0) is 26.0 Å². The van der Waals surface area contributed by atoms with Crippen molar-refractivity contribution in [2.24, 2.45) is 0 Å². The Morgan fingerprint density at radius 2 is 1.91 bits per heavy atom. The summed E-state index contributed by atoms with van der Waals surface area (Å²) in [5.41, 5.74) is 2.11. The summed E-state index contributed by atoms with van der Waals surface area (Å²) in [6.45, 7) is 3.73. The normalized spacial score (nSPS) is 11.6. The number of carbonyl (C=O) groups excluding carboxylic acids is 2. The second-order valence-electron chi connectivity index (χ2n) is 4.69. The van der Waals surface area contributed by atoms with E-state index in [9.17, 15) is 9.59 Å². The fraction of sp³-hybridized carbons (Fsp3) is 0.286. The van der Waals surface area contributed by atoms with Gasteiger partial charge < -0.3 is 10.6 Å². The van der Waals surface area contributed by atoms with Gasteiger partial charge in [-0.15, -0.1) is 10.2 Å². The zero-order valence-corrected chi connectivity index (χ0v) is 14.5. The van der Waals surface area contributed by atoms with Gasteiger partial charge in [0, 0.05) is 12.7 Å². The molecule has 9 heteroatoms. The van der Waals surface area contributed by atoms with Gasteiger partial charge in [0.05, 0.1) is 5.25 Å². The van der Waals surface area contributed by atoms with Gasteiger partial charge in [-0.2, -0.15) is 0 Å². The molecule has 1 atom stereocenters. The average molecular weight is 351 g/mol. The van der Waals surface area contributed by atoms with Crippen LogP contribution in [0.5, 0.6) is 0 Å². The number of aromatic nitrogens is 2. The van der Waals surface area contributed by atoms with Crippen LogP contribution in [-0.2, 0) is 4.79 Å². The molecule has 23 heavy (non-hydrogen) atoms. The first-order valence-corrected chi connectivity index (χ1v) is 8.54. The lowest BCUT2D eigenvalue weighted by Crippen LogP contribution is -2.41. The highest BCUT2D eigenvalue weighted by atomic mass is 32.2. The predicted molar refractivity (Wildman–Crippen MR) is 92.3 cm³/mol. The van der Waals surface area contributed by atoms with Crippen LogP contribution in [0.15, 0.2) is 28.6 Å². The van der Waals surface area contributed by atoms with Crippen molar-refractivity contribution >= 4 is 45.9 Å². The van der Waals surface area contributed by atoms with E-state index < -0.39 is 11.3 Å². The number of urea groups is 1. The number of nitrogens with zero attached hydrogens (tertiary/aromatic N) is 2. The summed E-state index contributed by atoms with van der Waals surface area (Å²) in [4.78, 5) is 22.9. The van der Waals surface area contributed by atoms with E-state index in [0.29, 0.717) is 9.47 Å². The highest BCUT2D eigenvalue weighted by molar-refractivity contribution is 8.02. The average Bonchev–Trinajstić information content (AvgIpc) is 2.96. The zero-order chi connectivity index (χ0) is 16.8. The van der Waals surface area contributed by atoms with Crippen molar-refractivity contribution in [3.63, 3.8) is 0 Å². The first-order chi connectivity index (χ1) is 11.0. The van der Waals surface area contributed by atoms with Gasteiger partial charge in [-0.1, -0.05) is 40.8 Å². The molecule has 1 aromatic heterocycles. The Morgan fingerprint density at radius 3 is 2.57 bits per heavy atom. The molecule has 0 aliphatic rings. The van der Waals surface area contributed by atoms with Crippen LogP contribution in [0.3, 0.4) is 0 Å². The van der Waals surface area contributed by atoms with E-state index in [-0.39, 0.29) is 5.91 Å². The van der Waals surface area contributed by atoms with Gasteiger partial charge in [-0.3, -0.25) is 10.1 Å². The number of hydrogen-bond donors (Lipinski definition) is 3. The van der Waals surface area contributed by atoms with Crippen LogP contribution in [-0.4, -0.2) is 34.4 Å². The Balaban J connectivity index is 1.92. The van der Waals surface area contributed by atoms with E-state index in [1.807, 2.05) is 31.2 Å². The zero-order valence-electron chi connectivity index (χ0n) is 12.9. The van der Waals surface area contributed by atoms with Gasteiger partial charge in [0.2, 0.25) is 11.0 Å². The molecule has 7 nitrogen and oxygen atoms in total. The number of anilines is 2. The maximum absolute atomic E-state index is 11.8. The Hall–Kier alpha value is -2.13. The monoisotopic (exact) mass is 351 g/mol. The van der Waals surface area contributed by atoms with Crippen LogP contribution in [0.2, 0.25) is 0 Å². The number of carbonyl (C=O) groups is 2. The van der Waals surface area contributed by atoms with E-state index >= 15 is 0 Å². The summed E-state index contributed by atoms with van der Waals surface area (Å²) in [5, 5.41) is 16.0. The van der Waals surface area contributed by atoms with Crippen molar-refractivity contribution in [1.82, 2.24) is 20.8 Å². The van der Waals surface area contributed by atoms with Crippen LogP contribution in [0.1, 0.15) is 12.5 Å². The van der Waals surface area contributed by atoms with E-state index in [2.05, 4.69) is 26.1 Å². The molecule has 2 rings (SSSR count). The van der Waals surface area contributed by atoms with Crippen molar-refractivity contribution in [3.05, 3.63) is 29.8 Å². The van der Waals surface area contributed by atoms with Crippen LogP contribution < -0.4 is 16.0 Å². The lowest BCUT2D eigenvalue weighted by atomic mass is 10.2. The fourth-order valence-corrected chi connectivity index (χ4v) is 3.47. The number of benzene rings is 1. The first kappa shape index (κ1) is 17.2. The third-order valence-electron chi connectivity index (χ3n) is 2.82. The molecule has 0 aliphatic heterocycles. The van der Waals surface area contributed by atoms with E-state index in [0.717, 1.165) is 5.69 Å². The Bertz CT molecular complexity index is 687. The summed E-state index contributed by atoms with van der Waals surface area (Å²) in [5.74, 6) is -0.377. The molecule has 0 bridgehead atoms. The van der Waals surface area contributed by atoms with Gasteiger partial charge in [0.15, 0.2) is 4.34 Å². The van der Waals surface area contributed by atoms with Gasteiger partial charge in [-0.25, -0.2) is 4.79 Å². The number of rotatable bonds is 5. The van der Waals surface area contributed by atoms with Crippen molar-refractivity contribution in [2.75, 3.05) is 12.4 Å². The quantitative estimate of drug-likeness (QED) is 0.717. The molecule has 0 saturated heterocycles. The van der Waals surface area contributed by atoms with Crippen molar-refractivity contribution in [3.8, 4) is 0 Å². The van der Waals surface area contributed by atoms with E-state index in [1.54, 1.807) is 6.92 Å². The van der Waals surface area contributed by atoms with Crippen LogP contribution >= 0.6 is 23.1 Å². The van der Waals surface area contributed by atoms with Gasteiger partial charge in [0.25, 0.3) is 0 Å². The molecule has 1 heterocycles. The third kappa shape index (κ3) is 5.22. The first-order valence-electron chi connectivity index (χ1n) is 6.84. The van der Waals surface area contributed by atoms with Crippen molar-refractivity contribution in [1.29, 1.82) is 0 Å². The Morgan fingerprint density at radius 1 is 1.22 bits per heavy atom. The molecule has 0 spiro atoms.